The van der Waals surface area contributed by atoms with Crippen molar-refractivity contribution < 1.29 is 0 Å². The minimum absolute atomic E-state index is 0.119. The van der Waals surface area contributed by atoms with Crippen LogP contribution in [0.4, 0.5) is 0 Å². The van der Waals surface area contributed by atoms with Gasteiger partial charge in [0.15, 0.2) is 0 Å². The Morgan fingerprint density at radius 3 is 2.08 bits per heavy atom. The van der Waals surface area contributed by atoms with Crippen molar-refractivity contribution in [3.8, 4) is 0 Å². The topological polar surface area (TPSA) is 0 Å². The highest BCUT2D eigenvalue weighted by Crippen LogP contribution is 2.55. The highest BCUT2D eigenvalue weighted by atomic mass is 31.1. The smallest absolute Gasteiger partial charge is 0.00897 e. The fraction of sp³-hybridized carbons (Fsp3) is 0.636. The van der Waals surface area contributed by atoms with Gasteiger partial charge < -0.3 is 0 Å². The van der Waals surface area contributed by atoms with Crippen LogP contribution in [0.3, 0.4) is 0 Å². The van der Waals surface area contributed by atoms with Crippen LogP contribution < -0.4 is 0 Å². The highest BCUT2D eigenvalue weighted by molar-refractivity contribution is 7.63. The number of rotatable bonds is 3. The molecular weight excluding hydrogens is 163 g/mol. The van der Waals surface area contributed by atoms with E-state index >= 15 is 0 Å². The third-order valence-electron chi connectivity index (χ3n) is 2.20. The predicted octanol–water partition coefficient (Wildman–Crippen LogP) is 4.13. The van der Waals surface area contributed by atoms with E-state index in [1.165, 1.54) is 6.42 Å². The molecule has 1 rings (SSSR count). The lowest BCUT2D eigenvalue weighted by molar-refractivity contribution is 1.01. The molecule has 0 nitrogen and oxygen atoms in total. The van der Waals surface area contributed by atoms with E-state index < -0.39 is 0 Å². The standard InChI is InChI=1S/C11H19P/c1-9(2)12(10(3)4)11-7-5-6-8-11/h5-7,9-10H,8H2,1-4H3. The Kier molecular flexibility index (Phi) is 3.53. The van der Waals surface area contributed by atoms with E-state index in [4.69, 9.17) is 0 Å². The summed E-state index contributed by atoms with van der Waals surface area (Å²) in [5, 5.41) is 1.69. The Balaban J connectivity index is 2.66. The Morgan fingerprint density at radius 1 is 1.17 bits per heavy atom. The van der Waals surface area contributed by atoms with Crippen LogP contribution in [0.2, 0.25) is 0 Å². The molecule has 12 heavy (non-hydrogen) atoms. The van der Waals surface area contributed by atoms with Gasteiger partial charge in [-0.2, -0.15) is 0 Å². The van der Waals surface area contributed by atoms with Gasteiger partial charge in [0.2, 0.25) is 0 Å². The first kappa shape index (κ1) is 9.99. The van der Waals surface area contributed by atoms with E-state index in [0.29, 0.717) is 0 Å². The van der Waals surface area contributed by atoms with Crippen LogP contribution in [0.1, 0.15) is 34.1 Å². The zero-order valence-corrected chi connectivity index (χ0v) is 9.44. The Morgan fingerprint density at radius 2 is 1.75 bits per heavy atom. The second-order valence-corrected chi connectivity index (χ2v) is 7.34. The second-order valence-electron chi connectivity index (χ2n) is 3.89. The molecule has 0 unspecified atom stereocenters. The highest BCUT2D eigenvalue weighted by Gasteiger charge is 2.20. The van der Waals surface area contributed by atoms with E-state index in [-0.39, 0.29) is 7.92 Å². The lowest BCUT2D eigenvalue weighted by Gasteiger charge is -2.27. The number of allylic oxidation sites excluding steroid dienone is 4. The van der Waals surface area contributed by atoms with Gasteiger partial charge in [0.05, 0.1) is 0 Å². The van der Waals surface area contributed by atoms with Crippen molar-refractivity contribution in [1.82, 2.24) is 0 Å². The summed E-state index contributed by atoms with van der Waals surface area (Å²) in [6.07, 6.45) is 8.01. The minimum Gasteiger partial charge on any atom is -0.0801 e. The molecule has 1 aliphatic carbocycles. The summed E-state index contributed by atoms with van der Waals surface area (Å²) < 4.78 is 0. The molecule has 0 aliphatic heterocycles. The first-order chi connectivity index (χ1) is 5.63. The fourth-order valence-electron chi connectivity index (χ4n) is 1.89. The van der Waals surface area contributed by atoms with Gasteiger partial charge in [0.25, 0.3) is 0 Å². The molecule has 1 heteroatoms. The summed E-state index contributed by atoms with van der Waals surface area (Å²) in [6.45, 7) is 9.41. The quantitative estimate of drug-likeness (QED) is 0.576. The van der Waals surface area contributed by atoms with Crippen molar-refractivity contribution in [3.63, 3.8) is 0 Å². The summed E-state index contributed by atoms with van der Waals surface area (Å²) >= 11 is 0. The molecule has 1 aliphatic rings. The van der Waals surface area contributed by atoms with Crippen molar-refractivity contribution in [1.29, 1.82) is 0 Å². The molecular formula is C11H19P. The molecule has 68 valence electrons. The van der Waals surface area contributed by atoms with Gasteiger partial charge in [-0.05, 0) is 23.1 Å². The van der Waals surface area contributed by atoms with Crippen molar-refractivity contribution in [2.45, 2.75) is 45.4 Å². The molecule has 0 aromatic rings. The van der Waals surface area contributed by atoms with Gasteiger partial charge >= 0.3 is 0 Å². The van der Waals surface area contributed by atoms with Crippen LogP contribution in [0.15, 0.2) is 23.5 Å². The lowest BCUT2D eigenvalue weighted by atomic mass is 10.5. The average Bonchev–Trinajstić information content (AvgIpc) is 2.37. The maximum Gasteiger partial charge on any atom is -0.00897 e. The molecule has 0 aromatic heterocycles. The zero-order chi connectivity index (χ0) is 9.14. The summed E-state index contributed by atoms with van der Waals surface area (Å²) in [6, 6.07) is 0. The molecule has 0 saturated carbocycles. The van der Waals surface area contributed by atoms with Crippen molar-refractivity contribution in [3.05, 3.63) is 23.5 Å². The third kappa shape index (κ3) is 2.20. The maximum absolute atomic E-state index is 2.35. The molecule has 0 bridgehead atoms. The summed E-state index contributed by atoms with van der Waals surface area (Å²) in [5.41, 5.74) is 1.68. The fourth-order valence-corrected chi connectivity index (χ4v) is 4.98. The Bertz CT molecular complexity index is 191. The Labute approximate surface area is 77.5 Å². The Hall–Kier alpha value is -0.0900. The van der Waals surface area contributed by atoms with E-state index in [0.717, 1.165) is 11.3 Å². The molecule has 0 saturated heterocycles. The van der Waals surface area contributed by atoms with E-state index in [9.17, 15) is 0 Å². The monoisotopic (exact) mass is 182 g/mol. The summed E-state index contributed by atoms with van der Waals surface area (Å²) in [7, 11) is 0.119. The molecule has 0 radical (unpaired) electrons. The molecule has 0 heterocycles. The summed E-state index contributed by atoms with van der Waals surface area (Å²) in [5.74, 6) is 0. The van der Waals surface area contributed by atoms with Crippen LogP contribution in [0, 0.1) is 0 Å². The first-order valence-corrected chi connectivity index (χ1v) is 6.25. The van der Waals surface area contributed by atoms with Crippen molar-refractivity contribution in [2.75, 3.05) is 0 Å². The molecule has 0 amide bonds. The lowest BCUT2D eigenvalue weighted by Crippen LogP contribution is -2.04. The van der Waals surface area contributed by atoms with Gasteiger partial charge in [0, 0.05) is 0 Å². The molecule has 0 atom stereocenters. The SMILES string of the molecule is CC(C)P(C1=CC=CC1)C(C)C. The summed E-state index contributed by atoms with van der Waals surface area (Å²) in [4.78, 5) is 0. The average molecular weight is 182 g/mol. The largest absolute Gasteiger partial charge is 0.0801 e. The molecule has 0 aromatic carbocycles. The van der Waals surface area contributed by atoms with Gasteiger partial charge in [-0.15, -0.1) is 0 Å². The maximum atomic E-state index is 2.35. The molecule has 0 fully saturated rings. The van der Waals surface area contributed by atoms with Gasteiger partial charge in [0.1, 0.15) is 0 Å². The van der Waals surface area contributed by atoms with Crippen LogP contribution in [0.25, 0.3) is 0 Å². The third-order valence-corrected chi connectivity index (χ3v) is 5.42. The minimum atomic E-state index is 0.119. The molecule has 0 spiro atoms. The van der Waals surface area contributed by atoms with E-state index in [1.807, 2.05) is 0 Å². The molecule has 0 N–H and O–H groups in total. The second kappa shape index (κ2) is 4.23. The van der Waals surface area contributed by atoms with Crippen LogP contribution in [0.5, 0.6) is 0 Å². The number of hydrogen-bond donors (Lipinski definition) is 0. The van der Waals surface area contributed by atoms with Crippen molar-refractivity contribution in [2.24, 2.45) is 0 Å². The van der Waals surface area contributed by atoms with Crippen LogP contribution in [-0.2, 0) is 0 Å². The van der Waals surface area contributed by atoms with Crippen LogP contribution in [-0.4, -0.2) is 11.3 Å². The van der Waals surface area contributed by atoms with Gasteiger partial charge in [-0.3, -0.25) is 0 Å². The van der Waals surface area contributed by atoms with E-state index in [2.05, 4.69) is 45.9 Å². The normalized spacial score (nSPS) is 16.8. The predicted molar refractivity (Wildman–Crippen MR) is 59.0 cm³/mol. The van der Waals surface area contributed by atoms with E-state index in [1.54, 1.807) is 5.31 Å². The van der Waals surface area contributed by atoms with Crippen molar-refractivity contribution >= 4 is 7.92 Å². The van der Waals surface area contributed by atoms with Gasteiger partial charge in [-0.25, -0.2) is 0 Å². The van der Waals surface area contributed by atoms with Crippen LogP contribution >= 0.6 is 7.92 Å². The zero-order valence-electron chi connectivity index (χ0n) is 8.54. The number of hydrogen-bond acceptors (Lipinski definition) is 0. The first-order valence-electron chi connectivity index (χ1n) is 4.77. The van der Waals surface area contributed by atoms with Gasteiger partial charge in [-0.1, -0.05) is 53.8 Å².